The van der Waals surface area contributed by atoms with Gasteiger partial charge in [-0.2, -0.15) is 0 Å². The summed E-state index contributed by atoms with van der Waals surface area (Å²) in [6.07, 6.45) is -0.972. The van der Waals surface area contributed by atoms with Crippen molar-refractivity contribution in [3.8, 4) is 0 Å². The summed E-state index contributed by atoms with van der Waals surface area (Å²) in [5, 5.41) is 11.2. The Bertz CT molecular complexity index is 103. The minimum Gasteiger partial charge on any atom is -0.370 e. The molecule has 0 spiro atoms. The van der Waals surface area contributed by atoms with Gasteiger partial charge in [-0.3, -0.25) is 10.1 Å². The topological polar surface area (TPSA) is 52.6 Å². The number of aliphatic hydroxyl groups excluding tert-OH is 1. The summed E-state index contributed by atoms with van der Waals surface area (Å²) < 4.78 is 0. The molecule has 8 heavy (non-hydrogen) atoms. The molecule has 46 valence electrons. The van der Waals surface area contributed by atoms with E-state index >= 15 is 0 Å². The third-order valence-corrected chi connectivity index (χ3v) is 1.13. The van der Waals surface area contributed by atoms with Gasteiger partial charge < -0.3 is 10.0 Å². The van der Waals surface area contributed by atoms with Gasteiger partial charge in [-0.1, -0.05) is 0 Å². The Labute approximate surface area is 47.1 Å². The molecule has 0 aromatic heterocycles. The van der Waals surface area contributed by atoms with E-state index in [0.717, 1.165) is 0 Å². The number of amides is 1. The van der Waals surface area contributed by atoms with Crippen LogP contribution in [0.3, 0.4) is 0 Å². The first-order chi connectivity index (χ1) is 3.72. The van der Waals surface area contributed by atoms with E-state index in [-0.39, 0.29) is 5.91 Å². The Hall–Kier alpha value is -0.610. The van der Waals surface area contributed by atoms with Crippen molar-refractivity contribution in [1.29, 1.82) is 0 Å². The molecule has 0 radical (unpaired) electrons. The monoisotopic (exact) mass is 116 g/mol. The van der Waals surface area contributed by atoms with E-state index in [1.165, 1.54) is 4.90 Å². The number of carbonyl (C=O) groups excluding carboxylic acids is 1. The lowest BCUT2D eigenvalue weighted by molar-refractivity contribution is -0.133. The van der Waals surface area contributed by atoms with Crippen molar-refractivity contribution in [3.05, 3.63) is 0 Å². The van der Waals surface area contributed by atoms with Crippen LogP contribution in [0, 0.1) is 0 Å². The molecule has 4 nitrogen and oxygen atoms in total. The van der Waals surface area contributed by atoms with Crippen LogP contribution in [0.5, 0.6) is 0 Å². The standard InChI is InChI=1S/C4H8N2O2/c1-6-2-5-3(7)4(6)8/h3,5,7H,2H2,1H3. The zero-order valence-corrected chi connectivity index (χ0v) is 4.59. The van der Waals surface area contributed by atoms with Gasteiger partial charge in [-0.25, -0.2) is 0 Å². The number of carbonyl (C=O) groups is 1. The van der Waals surface area contributed by atoms with Crippen LogP contribution in [0.2, 0.25) is 0 Å². The number of likely N-dealkylation sites (N-methyl/N-ethyl adjacent to an activating group) is 1. The summed E-state index contributed by atoms with van der Waals surface area (Å²) in [5.74, 6) is -0.259. The Morgan fingerprint density at radius 1 is 2.00 bits per heavy atom. The van der Waals surface area contributed by atoms with Crippen LogP contribution in [0.15, 0.2) is 0 Å². The molecule has 2 N–H and O–H groups in total. The fraction of sp³-hybridized carbons (Fsp3) is 0.750. The first kappa shape index (κ1) is 5.53. The second kappa shape index (κ2) is 1.72. The normalized spacial score (nSPS) is 29.5. The van der Waals surface area contributed by atoms with Crippen LogP contribution < -0.4 is 5.32 Å². The maximum absolute atomic E-state index is 10.5. The van der Waals surface area contributed by atoms with Crippen molar-refractivity contribution in [2.75, 3.05) is 13.7 Å². The first-order valence-corrected chi connectivity index (χ1v) is 2.38. The number of rotatable bonds is 0. The fourth-order valence-electron chi connectivity index (χ4n) is 0.597. The smallest absolute Gasteiger partial charge is 0.267 e. The van der Waals surface area contributed by atoms with Crippen molar-refractivity contribution in [2.24, 2.45) is 0 Å². The summed E-state index contributed by atoms with van der Waals surface area (Å²) in [4.78, 5) is 11.9. The maximum Gasteiger partial charge on any atom is 0.267 e. The molecule has 1 heterocycles. The van der Waals surface area contributed by atoms with Crippen molar-refractivity contribution in [2.45, 2.75) is 6.23 Å². The van der Waals surface area contributed by atoms with Gasteiger partial charge in [-0.15, -0.1) is 0 Å². The highest BCUT2D eigenvalue weighted by Crippen LogP contribution is 1.94. The van der Waals surface area contributed by atoms with Crippen LogP contribution in [0.25, 0.3) is 0 Å². The van der Waals surface area contributed by atoms with Gasteiger partial charge in [0.1, 0.15) is 0 Å². The Balaban J connectivity index is 2.57. The zero-order chi connectivity index (χ0) is 6.15. The molecule has 1 amide bonds. The van der Waals surface area contributed by atoms with E-state index in [0.29, 0.717) is 6.67 Å². The third-order valence-electron chi connectivity index (χ3n) is 1.13. The Morgan fingerprint density at radius 3 is 2.75 bits per heavy atom. The molecule has 1 aliphatic rings. The van der Waals surface area contributed by atoms with Crippen molar-refractivity contribution in [3.63, 3.8) is 0 Å². The van der Waals surface area contributed by atoms with E-state index in [2.05, 4.69) is 5.32 Å². The van der Waals surface area contributed by atoms with Gasteiger partial charge in [-0.05, 0) is 0 Å². The molecule has 0 aromatic rings. The number of hydrogen-bond acceptors (Lipinski definition) is 3. The fourth-order valence-corrected chi connectivity index (χ4v) is 0.597. The van der Waals surface area contributed by atoms with E-state index in [1.54, 1.807) is 7.05 Å². The van der Waals surface area contributed by atoms with Crippen LogP contribution in [-0.2, 0) is 4.79 Å². The van der Waals surface area contributed by atoms with E-state index in [4.69, 9.17) is 5.11 Å². The van der Waals surface area contributed by atoms with Crippen molar-refractivity contribution < 1.29 is 9.90 Å². The van der Waals surface area contributed by atoms with Gasteiger partial charge in [0.25, 0.3) is 5.91 Å². The van der Waals surface area contributed by atoms with E-state index in [1.807, 2.05) is 0 Å². The molecule has 1 rings (SSSR count). The highest BCUT2D eigenvalue weighted by atomic mass is 16.3. The molecule has 1 aliphatic heterocycles. The second-order valence-electron chi connectivity index (χ2n) is 1.80. The van der Waals surface area contributed by atoms with Crippen LogP contribution in [0.4, 0.5) is 0 Å². The lowest BCUT2D eigenvalue weighted by Gasteiger charge is -2.02. The molecule has 0 aliphatic carbocycles. The predicted octanol–water partition coefficient (Wildman–Crippen LogP) is -1.68. The average Bonchev–Trinajstić information content (AvgIpc) is 1.98. The van der Waals surface area contributed by atoms with Gasteiger partial charge >= 0.3 is 0 Å². The molecule has 4 heteroatoms. The molecule has 1 atom stereocenters. The Kier molecular flexibility index (Phi) is 1.19. The molecule has 1 saturated heterocycles. The van der Waals surface area contributed by atoms with Gasteiger partial charge in [0.15, 0.2) is 6.23 Å². The summed E-state index contributed by atoms with van der Waals surface area (Å²) in [6, 6.07) is 0. The molecule has 1 unspecified atom stereocenters. The number of nitrogens with zero attached hydrogens (tertiary/aromatic N) is 1. The van der Waals surface area contributed by atoms with E-state index < -0.39 is 6.23 Å². The van der Waals surface area contributed by atoms with E-state index in [9.17, 15) is 4.79 Å². The predicted molar refractivity (Wildman–Crippen MR) is 26.8 cm³/mol. The molecular formula is C4H8N2O2. The summed E-state index contributed by atoms with van der Waals surface area (Å²) >= 11 is 0. The van der Waals surface area contributed by atoms with Gasteiger partial charge in [0.05, 0.1) is 6.67 Å². The highest BCUT2D eigenvalue weighted by molar-refractivity contribution is 5.81. The number of nitrogens with one attached hydrogen (secondary N) is 1. The van der Waals surface area contributed by atoms with Crippen LogP contribution in [0.1, 0.15) is 0 Å². The lowest BCUT2D eigenvalue weighted by atomic mass is 10.5. The number of hydrogen-bond donors (Lipinski definition) is 2. The quantitative estimate of drug-likeness (QED) is 0.397. The SMILES string of the molecule is CN1CNC(O)C1=O. The first-order valence-electron chi connectivity index (χ1n) is 2.38. The van der Waals surface area contributed by atoms with Gasteiger partial charge in [0, 0.05) is 7.05 Å². The molecule has 0 saturated carbocycles. The lowest BCUT2D eigenvalue weighted by Crippen LogP contribution is -2.27. The van der Waals surface area contributed by atoms with Crippen molar-refractivity contribution >= 4 is 5.91 Å². The summed E-state index contributed by atoms with van der Waals surface area (Å²) in [6.45, 7) is 0.444. The third kappa shape index (κ3) is 0.677. The second-order valence-corrected chi connectivity index (χ2v) is 1.80. The minimum absolute atomic E-state index is 0.259. The molecule has 0 bridgehead atoms. The van der Waals surface area contributed by atoms with Crippen LogP contribution in [-0.4, -0.2) is 35.9 Å². The largest absolute Gasteiger partial charge is 0.370 e. The minimum atomic E-state index is -0.972. The van der Waals surface area contributed by atoms with Crippen molar-refractivity contribution in [1.82, 2.24) is 10.2 Å². The molecular weight excluding hydrogens is 108 g/mol. The van der Waals surface area contributed by atoms with Gasteiger partial charge in [0.2, 0.25) is 0 Å². The molecule has 1 fully saturated rings. The maximum atomic E-state index is 10.5. The highest BCUT2D eigenvalue weighted by Gasteiger charge is 2.25. The number of aliphatic hydroxyl groups is 1. The molecule has 0 aromatic carbocycles. The summed E-state index contributed by atoms with van der Waals surface area (Å²) in [7, 11) is 1.63. The zero-order valence-electron chi connectivity index (χ0n) is 4.59. The summed E-state index contributed by atoms with van der Waals surface area (Å²) in [5.41, 5.74) is 0. The Morgan fingerprint density at radius 2 is 2.62 bits per heavy atom. The van der Waals surface area contributed by atoms with Crippen LogP contribution >= 0.6 is 0 Å². The average molecular weight is 116 g/mol.